The van der Waals surface area contributed by atoms with Gasteiger partial charge < -0.3 is 5.11 Å². The molecular formula is C11H18O2. The van der Waals surface area contributed by atoms with Gasteiger partial charge in [0, 0.05) is 0 Å². The largest absolute Gasteiger partial charge is 0.481 e. The summed E-state index contributed by atoms with van der Waals surface area (Å²) in [5, 5.41) is 9.18. The van der Waals surface area contributed by atoms with Crippen molar-refractivity contribution in [2.75, 3.05) is 0 Å². The highest BCUT2D eigenvalue weighted by Crippen LogP contribution is 2.47. The third kappa shape index (κ3) is 1.77. The Morgan fingerprint density at radius 3 is 2.23 bits per heavy atom. The van der Waals surface area contributed by atoms with Crippen LogP contribution in [-0.4, -0.2) is 11.1 Å². The zero-order valence-electron chi connectivity index (χ0n) is 8.79. The maximum atomic E-state index is 11.2. The van der Waals surface area contributed by atoms with Gasteiger partial charge in [-0.1, -0.05) is 39.8 Å². The van der Waals surface area contributed by atoms with Crippen LogP contribution in [0.3, 0.4) is 0 Å². The van der Waals surface area contributed by atoms with Gasteiger partial charge in [-0.15, -0.1) is 0 Å². The molecule has 0 aromatic carbocycles. The Hall–Kier alpha value is -0.790. The first-order valence-corrected chi connectivity index (χ1v) is 4.68. The third-order valence-electron chi connectivity index (χ3n) is 2.96. The van der Waals surface area contributed by atoms with Gasteiger partial charge in [0.2, 0.25) is 0 Å². The van der Waals surface area contributed by atoms with Gasteiger partial charge in [-0.2, -0.15) is 0 Å². The van der Waals surface area contributed by atoms with E-state index in [1.165, 1.54) is 0 Å². The predicted octanol–water partition coefficient (Wildman–Crippen LogP) is 2.70. The van der Waals surface area contributed by atoms with Gasteiger partial charge in [-0.05, 0) is 17.3 Å². The lowest BCUT2D eigenvalue weighted by Crippen LogP contribution is -2.42. The van der Waals surface area contributed by atoms with Gasteiger partial charge in [0.25, 0.3) is 0 Å². The first-order chi connectivity index (χ1) is 5.77. The number of rotatable bonds is 1. The number of hydrogen-bond donors (Lipinski definition) is 1. The summed E-state index contributed by atoms with van der Waals surface area (Å²) in [6.07, 6.45) is 4.98. The van der Waals surface area contributed by atoms with E-state index in [1.807, 2.05) is 33.8 Å². The second-order valence-electron chi connectivity index (χ2n) is 5.19. The van der Waals surface area contributed by atoms with Crippen molar-refractivity contribution in [3.05, 3.63) is 12.2 Å². The van der Waals surface area contributed by atoms with Crippen LogP contribution in [0.25, 0.3) is 0 Å². The maximum Gasteiger partial charge on any atom is 0.307 e. The Balaban J connectivity index is 3.09. The number of hydrogen-bond acceptors (Lipinski definition) is 1. The number of carbonyl (C=O) groups is 1. The first-order valence-electron chi connectivity index (χ1n) is 4.68. The van der Waals surface area contributed by atoms with Gasteiger partial charge >= 0.3 is 5.97 Å². The highest BCUT2D eigenvalue weighted by atomic mass is 16.4. The highest BCUT2D eigenvalue weighted by molar-refractivity contribution is 5.72. The molecule has 74 valence electrons. The fourth-order valence-electron chi connectivity index (χ4n) is 2.54. The SMILES string of the molecule is CC1(C)C=CCC(C)(C)C1C(=O)O. The average molecular weight is 182 g/mol. The molecule has 0 fully saturated rings. The van der Waals surface area contributed by atoms with Gasteiger partial charge in [0.1, 0.15) is 0 Å². The molecular weight excluding hydrogens is 164 g/mol. The maximum absolute atomic E-state index is 11.2. The van der Waals surface area contributed by atoms with Crippen molar-refractivity contribution in [3.8, 4) is 0 Å². The summed E-state index contributed by atoms with van der Waals surface area (Å²) in [4.78, 5) is 11.2. The molecule has 1 atom stereocenters. The lowest BCUT2D eigenvalue weighted by molar-refractivity contribution is -0.150. The van der Waals surface area contributed by atoms with Crippen LogP contribution in [0.5, 0.6) is 0 Å². The van der Waals surface area contributed by atoms with Crippen molar-refractivity contribution in [2.24, 2.45) is 16.7 Å². The fraction of sp³-hybridized carbons (Fsp3) is 0.727. The fourth-order valence-corrected chi connectivity index (χ4v) is 2.54. The minimum atomic E-state index is -0.681. The van der Waals surface area contributed by atoms with E-state index in [9.17, 15) is 9.90 Å². The third-order valence-corrected chi connectivity index (χ3v) is 2.96. The van der Waals surface area contributed by atoms with Crippen LogP contribution < -0.4 is 0 Å². The predicted molar refractivity (Wildman–Crippen MR) is 52.4 cm³/mol. The molecule has 0 aromatic rings. The molecule has 1 aliphatic rings. The molecule has 0 amide bonds. The molecule has 0 saturated carbocycles. The zero-order chi connectivity index (χ0) is 10.3. The monoisotopic (exact) mass is 182 g/mol. The van der Waals surface area contributed by atoms with E-state index in [-0.39, 0.29) is 16.7 Å². The normalized spacial score (nSPS) is 30.0. The molecule has 1 unspecified atom stereocenters. The summed E-state index contributed by atoms with van der Waals surface area (Å²) in [6.45, 7) is 8.03. The Kier molecular flexibility index (Phi) is 2.27. The van der Waals surface area contributed by atoms with E-state index in [0.717, 1.165) is 6.42 Å². The second kappa shape index (κ2) is 2.86. The van der Waals surface area contributed by atoms with E-state index >= 15 is 0 Å². The molecule has 0 aliphatic heterocycles. The van der Waals surface area contributed by atoms with Crippen LogP contribution >= 0.6 is 0 Å². The van der Waals surface area contributed by atoms with Crippen molar-refractivity contribution >= 4 is 5.97 Å². The summed E-state index contributed by atoms with van der Waals surface area (Å²) in [7, 11) is 0. The molecule has 2 heteroatoms. The van der Waals surface area contributed by atoms with Gasteiger partial charge in [-0.25, -0.2) is 0 Å². The average Bonchev–Trinajstić information content (AvgIpc) is 1.79. The topological polar surface area (TPSA) is 37.3 Å². The first kappa shape index (κ1) is 10.3. The lowest BCUT2D eigenvalue weighted by atomic mass is 9.60. The van der Waals surface area contributed by atoms with Crippen molar-refractivity contribution in [1.82, 2.24) is 0 Å². The summed E-state index contributed by atoms with van der Waals surface area (Å²) >= 11 is 0. The Morgan fingerprint density at radius 2 is 1.92 bits per heavy atom. The Bertz CT molecular complexity index is 249. The summed E-state index contributed by atoms with van der Waals surface area (Å²) in [5.74, 6) is -0.968. The molecule has 13 heavy (non-hydrogen) atoms. The Labute approximate surface area is 79.6 Å². The second-order valence-corrected chi connectivity index (χ2v) is 5.19. The minimum absolute atomic E-state index is 0.135. The van der Waals surface area contributed by atoms with Gasteiger partial charge in [0.15, 0.2) is 0 Å². The van der Waals surface area contributed by atoms with Crippen molar-refractivity contribution in [2.45, 2.75) is 34.1 Å². The van der Waals surface area contributed by atoms with Crippen LogP contribution in [0.2, 0.25) is 0 Å². The summed E-state index contributed by atoms with van der Waals surface area (Å²) in [6, 6.07) is 0. The van der Waals surface area contributed by atoms with E-state index in [2.05, 4.69) is 6.08 Å². The summed E-state index contributed by atoms with van der Waals surface area (Å²) in [5.41, 5.74) is -0.363. The van der Waals surface area contributed by atoms with E-state index < -0.39 is 5.97 Å². The van der Waals surface area contributed by atoms with Crippen molar-refractivity contribution < 1.29 is 9.90 Å². The van der Waals surface area contributed by atoms with Gasteiger partial charge in [0.05, 0.1) is 5.92 Å². The number of carboxylic acids is 1. The molecule has 1 N–H and O–H groups in total. The molecule has 0 bridgehead atoms. The van der Waals surface area contributed by atoms with E-state index in [1.54, 1.807) is 0 Å². The smallest absolute Gasteiger partial charge is 0.307 e. The number of aliphatic carboxylic acids is 1. The number of carboxylic acid groups (broad SMARTS) is 1. The zero-order valence-corrected chi connectivity index (χ0v) is 8.79. The van der Waals surface area contributed by atoms with Crippen LogP contribution in [-0.2, 0) is 4.79 Å². The quantitative estimate of drug-likeness (QED) is 0.633. The molecule has 0 saturated heterocycles. The molecule has 0 radical (unpaired) electrons. The molecule has 1 aliphatic carbocycles. The molecule has 0 spiro atoms. The molecule has 1 rings (SSSR count). The highest BCUT2D eigenvalue weighted by Gasteiger charge is 2.45. The van der Waals surface area contributed by atoms with Gasteiger partial charge in [-0.3, -0.25) is 4.79 Å². The van der Waals surface area contributed by atoms with E-state index in [0.29, 0.717) is 0 Å². The van der Waals surface area contributed by atoms with Crippen molar-refractivity contribution in [1.29, 1.82) is 0 Å². The van der Waals surface area contributed by atoms with Crippen molar-refractivity contribution in [3.63, 3.8) is 0 Å². The lowest BCUT2D eigenvalue weighted by Gasteiger charge is -2.43. The molecule has 0 heterocycles. The van der Waals surface area contributed by atoms with Crippen LogP contribution in [0, 0.1) is 16.7 Å². The molecule has 0 aromatic heterocycles. The number of allylic oxidation sites excluding steroid dienone is 2. The Morgan fingerprint density at radius 1 is 1.38 bits per heavy atom. The summed E-state index contributed by atoms with van der Waals surface area (Å²) < 4.78 is 0. The van der Waals surface area contributed by atoms with Crippen LogP contribution in [0.15, 0.2) is 12.2 Å². The van der Waals surface area contributed by atoms with E-state index in [4.69, 9.17) is 0 Å². The molecule has 2 nitrogen and oxygen atoms in total. The standard InChI is InChI=1S/C11H18O2/c1-10(2)6-5-7-11(3,4)8(10)9(12)13/h5-6,8H,7H2,1-4H3,(H,12,13). The van der Waals surface area contributed by atoms with Crippen LogP contribution in [0.1, 0.15) is 34.1 Å². The van der Waals surface area contributed by atoms with Crippen LogP contribution in [0.4, 0.5) is 0 Å². The minimum Gasteiger partial charge on any atom is -0.481 e.